The molecule has 0 saturated carbocycles. The fraction of sp³-hybridized carbons (Fsp3) is 0.692. The number of methoxy groups -OCH3 is 2. The Morgan fingerprint density at radius 1 is 1.32 bits per heavy atom. The van der Waals surface area contributed by atoms with Gasteiger partial charge in [-0.1, -0.05) is 0 Å². The lowest BCUT2D eigenvalue weighted by atomic mass is 10.1. The fourth-order valence-corrected chi connectivity index (χ4v) is 3.59. The first kappa shape index (κ1) is 14.4. The monoisotopic (exact) mass is 283 g/mol. The van der Waals surface area contributed by atoms with Gasteiger partial charge < -0.3 is 14.8 Å². The van der Waals surface area contributed by atoms with Gasteiger partial charge in [-0.2, -0.15) is 11.8 Å². The number of aromatic nitrogens is 2. The Balaban J connectivity index is 1.98. The Labute approximate surface area is 118 Å². The molecule has 1 fully saturated rings. The van der Waals surface area contributed by atoms with E-state index in [1.165, 1.54) is 24.9 Å². The van der Waals surface area contributed by atoms with E-state index in [1.807, 2.05) is 11.8 Å². The molecule has 0 bridgehead atoms. The maximum absolute atomic E-state index is 5.26. The molecule has 0 aromatic carbocycles. The zero-order valence-electron chi connectivity index (χ0n) is 11.7. The lowest BCUT2D eigenvalue weighted by Crippen LogP contribution is -2.32. The maximum atomic E-state index is 5.26. The summed E-state index contributed by atoms with van der Waals surface area (Å²) in [5.41, 5.74) is 0.874. The number of rotatable bonds is 6. The zero-order valence-corrected chi connectivity index (χ0v) is 12.5. The van der Waals surface area contributed by atoms with Crippen LogP contribution in [0.2, 0.25) is 0 Å². The summed E-state index contributed by atoms with van der Waals surface area (Å²) in [6, 6.07) is 0. The number of nitrogens with one attached hydrogen (secondary N) is 1. The van der Waals surface area contributed by atoms with Crippen molar-refractivity contribution in [3.8, 4) is 11.8 Å². The van der Waals surface area contributed by atoms with Gasteiger partial charge in [0, 0.05) is 17.8 Å². The van der Waals surface area contributed by atoms with Crippen LogP contribution in [0.25, 0.3) is 0 Å². The highest BCUT2D eigenvalue weighted by Gasteiger charge is 2.29. The minimum atomic E-state index is 0.343. The summed E-state index contributed by atoms with van der Waals surface area (Å²) in [6.45, 7) is 3.94. The van der Waals surface area contributed by atoms with E-state index < -0.39 is 0 Å². The van der Waals surface area contributed by atoms with E-state index in [0.717, 1.165) is 12.1 Å². The second-order valence-electron chi connectivity index (χ2n) is 4.88. The summed E-state index contributed by atoms with van der Waals surface area (Å²) in [5, 5.41) is 3.47. The normalized spacial score (nSPS) is 22.5. The minimum Gasteiger partial charge on any atom is -0.481 e. The Morgan fingerprint density at radius 3 is 2.53 bits per heavy atom. The van der Waals surface area contributed by atoms with E-state index in [2.05, 4.69) is 22.2 Å². The molecule has 1 N–H and O–H groups in total. The summed E-state index contributed by atoms with van der Waals surface area (Å²) < 4.78 is 10.9. The molecule has 1 saturated heterocycles. The average Bonchev–Trinajstić information content (AvgIpc) is 2.85. The largest absolute Gasteiger partial charge is 0.481 e. The van der Waals surface area contributed by atoms with Gasteiger partial charge in [0.15, 0.2) is 0 Å². The van der Waals surface area contributed by atoms with Crippen molar-refractivity contribution in [1.82, 2.24) is 15.3 Å². The molecule has 6 heteroatoms. The van der Waals surface area contributed by atoms with Crippen molar-refractivity contribution in [2.24, 2.45) is 0 Å². The van der Waals surface area contributed by atoms with Crippen molar-refractivity contribution in [3.63, 3.8) is 0 Å². The van der Waals surface area contributed by atoms with Crippen LogP contribution in [0.15, 0.2) is 6.33 Å². The van der Waals surface area contributed by atoms with Crippen molar-refractivity contribution in [2.45, 2.75) is 31.1 Å². The van der Waals surface area contributed by atoms with Crippen molar-refractivity contribution in [2.75, 3.05) is 26.5 Å². The molecule has 106 valence electrons. The number of hydrogen-bond donors (Lipinski definition) is 1. The highest BCUT2D eigenvalue weighted by Crippen LogP contribution is 2.37. The van der Waals surface area contributed by atoms with Gasteiger partial charge in [0.1, 0.15) is 6.33 Å². The first-order chi connectivity index (χ1) is 9.18. The molecular weight excluding hydrogens is 262 g/mol. The van der Waals surface area contributed by atoms with Crippen LogP contribution >= 0.6 is 11.8 Å². The lowest BCUT2D eigenvalue weighted by Gasteiger charge is -2.23. The first-order valence-corrected chi connectivity index (χ1v) is 7.43. The number of thioether (sulfide) groups is 1. The Hall–Kier alpha value is -1.01. The minimum absolute atomic E-state index is 0.343. The van der Waals surface area contributed by atoms with Gasteiger partial charge in [0.25, 0.3) is 0 Å². The quantitative estimate of drug-likeness (QED) is 0.860. The molecule has 19 heavy (non-hydrogen) atoms. The van der Waals surface area contributed by atoms with Gasteiger partial charge in [-0.3, -0.25) is 0 Å². The third kappa shape index (κ3) is 3.51. The molecular formula is C13H21N3O2S. The smallest absolute Gasteiger partial charge is 0.224 e. The van der Waals surface area contributed by atoms with E-state index in [-0.39, 0.29) is 0 Å². The molecule has 1 aromatic rings. The third-order valence-corrected chi connectivity index (χ3v) is 4.89. The predicted octanol–water partition coefficient (Wildman–Crippen LogP) is 1.87. The van der Waals surface area contributed by atoms with E-state index in [9.17, 15) is 0 Å². The topological polar surface area (TPSA) is 56.3 Å². The summed E-state index contributed by atoms with van der Waals surface area (Å²) in [7, 11) is 3.22. The molecule has 2 heterocycles. The number of nitrogens with zero attached hydrogens (tertiary/aromatic N) is 2. The molecule has 2 rings (SSSR count). The van der Waals surface area contributed by atoms with Gasteiger partial charge in [0.2, 0.25) is 11.8 Å². The fourth-order valence-electron chi connectivity index (χ4n) is 2.31. The molecule has 0 radical (unpaired) electrons. The third-order valence-electron chi connectivity index (χ3n) is 3.35. The summed E-state index contributed by atoms with van der Waals surface area (Å²) in [4.78, 5) is 8.23. The van der Waals surface area contributed by atoms with Crippen LogP contribution in [0, 0.1) is 0 Å². The predicted molar refractivity (Wildman–Crippen MR) is 76.9 cm³/mol. The van der Waals surface area contributed by atoms with Crippen LogP contribution in [0.5, 0.6) is 11.8 Å². The molecule has 0 aliphatic carbocycles. The Morgan fingerprint density at radius 2 is 2.00 bits per heavy atom. The van der Waals surface area contributed by atoms with Gasteiger partial charge in [-0.15, -0.1) is 0 Å². The number of hydrogen-bond acceptors (Lipinski definition) is 6. The Kier molecular flexibility index (Phi) is 4.87. The van der Waals surface area contributed by atoms with Crippen molar-refractivity contribution >= 4 is 11.8 Å². The van der Waals surface area contributed by atoms with E-state index in [0.29, 0.717) is 23.1 Å². The summed E-state index contributed by atoms with van der Waals surface area (Å²) in [5.74, 6) is 2.41. The van der Waals surface area contributed by atoms with Crippen molar-refractivity contribution in [3.05, 3.63) is 11.9 Å². The lowest BCUT2D eigenvalue weighted by molar-refractivity contribution is 0.358. The first-order valence-electron chi connectivity index (χ1n) is 6.45. The molecule has 1 aliphatic rings. The van der Waals surface area contributed by atoms with Gasteiger partial charge in [0.05, 0.1) is 19.8 Å². The van der Waals surface area contributed by atoms with Crippen LogP contribution in [-0.4, -0.2) is 41.2 Å². The molecule has 0 spiro atoms. The van der Waals surface area contributed by atoms with Crippen LogP contribution in [0.4, 0.5) is 0 Å². The summed E-state index contributed by atoms with van der Waals surface area (Å²) in [6.07, 6.45) is 4.03. The molecule has 0 amide bonds. The van der Waals surface area contributed by atoms with Gasteiger partial charge in [-0.25, -0.2) is 9.97 Å². The second-order valence-corrected chi connectivity index (χ2v) is 6.56. The van der Waals surface area contributed by atoms with E-state index in [1.54, 1.807) is 14.2 Å². The highest BCUT2D eigenvalue weighted by molar-refractivity contribution is 8.00. The summed E-state index contributed by atoms with van der Waals surface area (Å²) >= 11 is 2.04. The zero-order chi connectivity index (χ0) is 13.7. The van der Waals surface area contributed by atoms with E-state index >= 15 is 0 Å². The van der Waals surface area contributed by atoms with Crippen LogP contribution in [0.3, 0.4) is 0 Å². The maximum Gasteiger partial charge on any atom is 0.224 e. The van der Waals surface area contributed by atoms with Crippen LogP contribution in [0.1, 0.15) is 25.3 Å². The van der Waals surface area contributed by atoms with Crippen molar-refractivity contribution in [1.29, 1.82) is 0 Å². The average molecular weight is 283 g/mol. The second kappa shape index (κ2) is 6.43. The Bertz CT molecular complexity index is 400. The van der Waals surface area contributed by atoms with Crippen molar-refractivity contribution < 1.29 is 9.47 Å². The van der Waals surface area contributed by atoms with E-state index in [4.69, 9.17) is 9.47 Å². The van der Waals surface area contributed by atoms with Crippen LogP contribution in [-0.2, 0) is 6.54 Å². The SMILES string of the molecule is COc1ncnc(OC)c1CNCC1(C)CCCS1. The molecule has 1 aliphatic heterocycles. The highest BCUT2D eigenvalue weighted by atomic mass is 32.2. The number of ether oxygens (including phenoxy) is 2. The van der Waals surface area contributed by atoms with Gasteiger partial charge in [-0.05, 0) is 25.5 Å². The molecule has 5 nitrogen and oxygen atoms in total. The molecule has 1 atom stereocenters. The van der Waals surface area contributed by atoms with Gasteiger partial charge >= 0.3 is 0 Å². The molecule has 1 unspecified atom stereocenters. The molecule has 1 aromatic heterocycles. The standard InChI is InChI=1S/C13H21N3O2S/c1-13(5-4-6-19-13)8-14-7-10-11(17-2)15-9-16-12(10)18-3/h9,14H,4-8H2,1-3H3. The van der Waals surface area contributed by atoms with Crippen LogP contribution < -0.4 is 14.8 Å².